The van der Waals surface area contributed by atoms with Gasteiger partial charge in [0.25, 0.3) is 0 Å². The highest BCUT2D eigenvalue weighted by Gasteiger charge is 2.08. The van der Waals surface area contributed by atoms with Gasteiger partial charge in [0.2, 0.25) is 5.95 Å². The number of benzene rings is 1. The highest BCUT2D eigenvalue weighted by Crippen LogP contribution is 2.24. The Labute approximate surface area is 152 Å². The lowest BCUT2D eigenvalue weighted by Crippen LogP contribution is -2.21. The predicted octanol–water partition coefficient (Wildman–Crippen LogP) is 2.96. The molecule has 0 aliphatic carbocycles. The van der Waals surface area contributed by atoms with E-state index >= 15 is 0 Å². The van der Waals surface area contributed by atoms with Crippen molar-refractivity contribution in [2.75, 3.05) is 37.8 Å². The average molecular weight is 350 g/mol. The number of rotatable bonds is 7. The first kappa shape index (κ1) is 17.6. The van der Waals surface area contributed by atoms with Crippen molar-refractivity contribution in [2.24, 2.45) is 0 Å². The van der Waals surface area contributed by atoms with E-state index in [9.17, 15) is 5.11 Å². The molecule has 2 aromatic heterocycles. The molecule has 3 aromatic rings. The van der Waals surface area contributed by atoms with Crippen molar-refractivity contribution in [1.29, 1.82) is 0 Å². The summed E-state index contributed by atoms with van der Waals surface area (Å²) >= 11 is 0. The first-order valence-corrected chi connectivity index (χ1v) is 8.34. The van der Waals surface area contributed by atoms with Gasteiger partial charge in [0.15, 0.2) is 0 Å². The number of pyridine rings is 1. The molecule has 7 heteroatoms. The Morgan fingerprint density at radius 1 is 1.08 bits per heavy atom. The van der Waals surface area contributed by atoms with Crippen molar-refractivity contribution in [3.63, 3.8) is 0 Å². The van der Waals surface area contributed by atoms with Crippen molar-refractivity contribution >= 4 is 17.5 Å². The standard InChI is InChI=1S/C19H22N6O/c1-25(2)10-9-21-19-23-17(14-5-4-8-20-13-14)12-18(24-19)22-15-6-3-7-16(26)11-15/h3-8,11-13,26H,9-10H2,1-2H3,(H2,21,22,23,24). The summed E-state index contributed by atoms with van der Waals surface area (Å²) in [6.45, 7) is 1.60. The van der Waals surface area contributed by atoms with Crippen molar-refractivity contribution in [3.8, 4) is 17.0 Å². The number of likely N-dealkylation sites (N-methyl/N-ethyl adjacent to an activating group) is 1. The summed E-state index contributed by atoms with van der Waals surface area (Å²) < 4.78 is 0. The first-order chi connectivity index (χ1) is 12.6. The van der Waals surface area contributed by atoms with Crippen LogP contribution in [0.3, 0.4) is 0 Å². The van der Waals surface area contributed by atoms with Gasteiger partial charge in [0.05, 0.1) is 5.69 Å². The molecule has 134 valence electrons. The minimum absolute atomic E-state index is 0.195. The summed E-state index contributed by atoms with van der Waals surface area (Å²) in [5.41, 5.74) is 2.42. The lowest BCUT2D eigenvalue weighted by Gasteiger charge is -2.13. The fourth-order valence-electron chi connectivity index (χ4n) is 2.38. The van der Waals surface area contributed by atoms with E-state index in [1.54, 1.807) is 30.6 Å². The number of aromatic nitrogens is 3. The zero-order chi connectivity index (χ0) is 18.4. The zero-order valence-corrected chi connectivity index (χ0v) is 14.8. The molecule has 0 unspecified atom stereocenters. The Balaban J connectivity index is 1.89. The molecule has 0 saturated carbocycles. The molecule has 0 amide bonds. The molecule has 0 fully saturated rings. The van der Waals surface area contributed by atoms with Crippen LogP contribution < -0.4 is 10.6 Å². The highest BCUT2D eigenvalue weighted by atomic mass is 16.3. The number of nitrogens with zero attached hydrogens (tertiary/aromatic N) is 4. The lowest BCUT2D eigenvalue weighted by atomic mass is 10.2. The van der Waals surface area contributed by atoms with Gasteiger partial charge in [-0.1, -0.05) is 6.07 Å². The van der Waals surface area contributed by atoms with Crippen molar-refractivity contribution in [3.05, 3.63) is 54.9 Å². The Bertz CT molecular complexity index is 854. The maximum atomic E-state index is 9.65. The summed E-state index contributed by atoms with van der Waals surface area (Å²) in [4.78, 5) is 15.4. The highest BCUT2D eigenvalue weighted by molar-refractivity contribution is 5.67. The molecule has 0 bridgehead atoms. The van der Waals surface area contributed by atoms with Gasteiger partial charge in [-0.15, -0.1) is 0 Å². The molecule has 2 heterocycles. The Kier molecular flexibility index (Phi) is 5.60. The molecule has 0 aliphatic heterocycles. The maximum absolute atomic E-state index is 9.65. The number of phenolic OH excluding ortho intramolecular Hbond substituents is 1. The second kappa shape index (κ2) is 8.26. The molecule has 26 heavy (non-hydrogen) atoms. The number of phenols is 1. The molecule has 0 spiro atoms. The number of nitrogens with one attached hydrogen (secondary N) is 2. The van der Waals surface area contributed by atoms with E-state index in [-0.39, 0.29) is 5.75 Å². The third kappa shape index (κ3) is 4.90. The summed E-state index contributed by atoms with van der Waals surface area (Å²) in [6, 6.07) is 12.6. The maximum Gasteiger partial charge on any atom is 0.225 e. The van der Waals surface area contributed by atoms with Gasteiger partial charge in [-0.2, -0.15) is 4.98 Å². The minimum atomic E-state index is 0.195. The lowest BCUT2D eigenvalue weighted by molar-refractivity contribution is 0.425. The van der Waals surface area contributed by atoms with Crippen LogP contribution in [0.5, 0.6) is 5.75 Å². The third-order valence-electron chi connectivity index (χ3n) is 3.64. The van der Waals surface area contributed by atoms with Crippen LogP contribution in [0.15, 0.2) is 54.9 Å². The van der Waals surface area contributed by atoms with Gasteiger partial charge in [-0.05, 0) is 38.4 Å². The van der Waals surface area contributed by atoms with E-state index in [1.165, 1.54) is 0 Å². The normalized spacial score (nSPS) is 10.7. The van der Waals surface area contributed by atoms with Gasteiger partial charge >= 0.3 is 0 Å². The van der Waals surface area contributed by atoms with Gasteiger partial charge in [-0.25, -0.2) is 4.98 Å². The quantitative estimate of drug-likeness (QED) is 0.604. The second-order valence-corrected chi connectivity index (χ2v) is 6.11. The topological polar surface area (TPSA) is 86.2 Å². The van der Waals surface area contributed by atoms with E-state index in [0.29, 0.717) is 11.8 Å². The Morgan fingerprint density at radius 2 is 1.96 bits per heavy atom. The minimum Gasteiger partial charge on any atom is -0.508 e. The molecule has 0 aliphatic rings. The summed E-state index contributed by atoms with van der Waals surface area (Å²) in [7, 11) is 4.03. The van der Waals surface area contributed by atoms with Gasteiger partial charge in [0, 0.05) is 48.9 Å². The SMILES string of the molecule is CN(C)CCNc1nc(Nc2cccc(O)c2)cc(-c2cccnc2)n1. The molecule has 0 saturated heterocycles. The Hall–Kier alpha value is -3.19. The van der Waals surface area contributed by atoms with Gasteiger partial charge in [0.1, 0.15) is 11.6 Å². The van der Waals surface area contributed by atoms with E-state index in [4.69, 9.17) is 0 Å². The van der Waals surface area contributed by atoms with Crippen LogP contribution >= 0.6 is 0 Å². The number of aromatic hydroxyl groups is 1. The molecule has 7 nitrogen and oxygen atoms in total. The van der Waals surface area contributed by atoms with E-state index < -0.39 is 0 Å². The van der Waals surface area contributed by atoms with E-state index in [0.717, 1.165) is 30.0 Å². The van der Waals surface area contributed by atoms with Gasteiger partial charge < -0.3 is 20.6 Å². The third-order valence-corrected chi connectivity index (χ3v) is 3.64. The van der Waals surface area contributed by atoms with E-state index in [1.807, 2.05) is 38.4 Å². The van der Waals surface area contributed by atoms with Crippen molar-refractivity contribution in [2.45, 2.75) is 0 Å². The van der Waals surface area contributed by atoms with Crippen LogP contribution in [-0.2, 0) is 0 Å². The van der Waals surface area contributed by atoms with Crippen molar-refractivity contribution in [1.82, 2.24) is 19.9 Å². The van der Waals surface area contributed by atoms with Gasteiger partial charge in [-0.3, -0.25) is 4.98 Å². The average Bonchev–Trinajstić information content (AvgIpc) is 2.62. The van der Waals surface area contributed by atoms with Crippen molar-refractivity contribution < 1.29 is 5.11 Å². The first-order valence-electron chi connectivity index (χ1n) is 8.34. The largest absolute Gasteiger partial charge is 0.508 e. The monoisotopic (exact) mass is 350 g/mol. The molecule has 3 N–H and O–H groups in total. The number of hydrogen-bond acceptors (Lipinski definition) is 7. The fraction of sp³-hybridized carbons (Fsp3) is 0.211. The molecular formula is C19H22N6O. The number of anilines is 3. The van der Waals surface area contributed by atoms with Crippen LogP contribution in [0.2, 0.25) is 0 Å². The fourth-order valence-corrected chi connectivity index (χ4v) is 2.38. The van der Waals surface area contributed by atoms with Crippen LogP contribution in [0.4, 0.5) is 17.5 Å². The second-order valence-electron chi connectivity index (χ2n) is 6.11. The van der Waals surface area contributed by atoms with Crippen LogP contribution in [-0.4, -0.2) is 52.1 Å². The van der Waals surface area contributed by atoms with Crippen LogP contribution in [0.1, 0.15) is 0 Å². The molecule has 1 aromatic carbocycles. The smallest absolute Gasteiger partial charge is 0.225 e. The molecule has 3 rings (SSSR count). The van der Waals surface area contributed by atoms with Crippen LogP contribution in [0, 0.1) is 0 Å². The molecule has 0 atom stereocenters. The Morgan fingerprint density at radius 3 is 2.69 bits per heavy atom. The van der Waals surface area contributed by atoms with Crippen LogP contribution in [0.25, 0.3) is 11.3 Å². The molecule has 0 radical (unpaired) electrons. The summed E-state index contributed by atoms with van der Waals surface area (Å²) in [5.74, 6) is 1.37. The molecular weight excluding hydrogens is 328 g/mol. The zero-order valence-electron chi connectivity index (χ0n) is 14.8. The predicted molar refractivity (Wildman–Crippen MR) is 104 cm³/mol. The van der Waals surface area contributed by atoms with E-state index in [2.05, 4.69) is 30.5 Å². The number of hydrogen-bond donors (Lipinski definition) is 3. The summed E-state index contributed by atoms with van der Waals surface area (Å²) in [5, 5.41) is 16.1. The summed E-state index contributed by atoms with van der Waals surface area (Å²) in [6.07, 6.45) is 3.50.